The van der Waals surface area contributed by atoms with Crippen molar-refractivity contribution in [3.05, 3.63) is 11.3 Å². The normalized spacial score (nSPS) is 9.44. The Hall–Kier alpha value is -1.03. The largest absolute Gasteiger partial charge is 0.395 e. The summed E-state index contributed by atoms with van der Waals surface area (Å²) in [5.74, 6) is 0.134. The second-order valence-corrected chi connectivity index (χ2v) is 1.83. The highest BCUT2D eigenvalue weighted by molar-refractivity contribution is 6.31. The number of nitrogens with two attached hydrogens (primary N) is 2. The van der Waals surface area contributed by atoms with Crippen molar-refractivity contribution in [3.63, 3.8) is 0 Å². The van der Waals surface area contributed by atoms with Crippen molar-refractivity contribution in [1.29, 1.82) is 0 Å². The average molecular weight is 145 g/mol. The molecule has 0 atom stereocenters. The molecule has 1 aromatic heterocycles. The van der Waals surface area contributed by atoms with Gasteiger partial charge in [-0.25, -0.2) is 4.98 Å². The van der Waals surface area contributed by atoms with Crippen molar-refractivity contribution >= 4 is 23.2 Å². The Morgan fingerprint density at radius 2 is 2.11 bits per heavy atom. The first-order chi connectivity index (χ1) is 4.20. The second kappa shape index (κ2) is 2.06. The van der Waals surface area contributed by atoms with Crippen LogP contribution in [-0.2, 0) is 0 Å². The quantitative estimate of drug-likeness (QED) is 0.514. The fourth-order valence-corrected chi connectivity index (χ4v) is 0.518. The van der Waals surface area contributed by atoms with Gasteiger partial charge in [0.25, 0.3) is 0 Å². The number of halogens is 1. The maximum absolute atomic E-state index is 5.46. The molecule has 0 saturated carbocycles. The molecule has 0 aromatic carbocycles. The van der Waals surface area contributed by atoms with E-state index in [-0.39, 0.29) is 11.1 Å². The molecule has 4 N–H and O–H groups in total. The van der Waals surface area contributed by atoms with Gasteiger partial charge in [-0.05, 0) is 0 Å². The standard InChI is InChI=1S/C4H5ClN4/c5-3-2(6)1-8-4(7)9-3/h1H,6H2,(H2,7,8,9). The van der Waals surface area contributed by atoms with Gasteiger partial charge in [0.1, 0.15) is 0 Å². The molecule has 0 spiro atoms. The van der Waals surface area contributed by atoms with Crippen LogP contribution in [0.4, 0.5) is 11.6 Å². The lowest BCUT2D eigenvalue weighted by Gasteiger charge is -1.94. The van der Waals surface area contributed by atoms with Gasteiger partial charge < -0.3 is 11.5 Å². The number of hydrogen-bond donors (Lipinski definition) is 2. The van der Waals surface area contributed by atoms with Gasteiger partial charge >= 0.3 is 0 Å². The highest BCUT2D eigenvalue weighted by Gasteiger charge is 1.95. The third-order valence-electron chi connectivity index (χ3n) is 0.787. The molecule has 0 aliphatic heterocycles. The van der Waals surface area contributed by atoms with E-state index in [4.69, 9.17) is 23.1 Å². The molecule has 0 unspecified atom stereocenters. The highest BCUT2D eigenvalue weighted by atomic mass is 35.5. The molecule has 0 aliphatic rings. The summed E-state index contributed by atoms with van der Waals surface area (Å²) in [6, 6.07) is 0. The van der Waals surface area contributed by atoms with Gasteiger partial charge in [0.15, 0.2) is 5.15 Å². The molecule has 0 fully saturated rings. The SMILES string of the molecule is Nc1ncc(N)c(Cl)n1. The Morgan fingerprint density at radius 1 is 1.44 bits per heavy atom. The zero-order valence-corrected chi connectivity index (χ0v) is 5.26. The predicted octanol–water partition coefficient (Wildman–Crippen LogP) is 0.294. The van der Waals surface area contributed by atoms with E-state index in [2.05, 4.69) is 9.97 Å². The first kappa shape index (κ1) is 6.10. The van der Waals surface area contributed by atoms with E-state index >= 15 is 0 Å². The summed E-state index contributed by atoms with van der Waals surface area (Å²) in [6.07, 6.45) is 1.37. The molecule has 0 saturated heterocycles. The molecular formula is C4H5ClN4. The highest BCUT2D eigenvalue weighted by Crippen LogP contribution is 2.13. The topological polar surface area (TPSA) is 77.8 Å². The first-order valence-corrected chi connectivity index (χ1v) is 2.61. The van der Waals surface area contributed by atoms with Crippen molar-refractivity contribution in [2.24, 2.45) is 0 Å². The van der Waals surface area contributed by atoms with E-state index < -0.39 is 0 Å². The Balaban J connectivity index is 3.17. The number of rotatable bonds is 0. The fraction of sp³-hybridized carbons (Fsp3) is 0. The molecule has 1 heterocycles. The molecule has 48 valence electrons. The summed E-state index contributed by atoms with van der Waals surface area (Å²) >= 11 is 5.46. The van der Waals surface area contributed by atoms with Crippen LogP contribution in [0.5, 0.6) is 0 Å². The number of hydrogen-bond acceptors (Lipinski definition) is 4. The minimum Gasteiger partial charge on any atom is -0.395 e. The van der Waals surface area contributed by atoms with Crippen molar-refractivity contribution in [2.75, 3.05) is 11.5 Å². The van der Waals surface area contributed by atoms with Gasteiger partial charge in [0, 0.05) is 0 Å². The fourth-order valence-electron chi connectivity index (χ4n) is 0.383. The van der Waals surface area contributed by atoms with Crippen molar-refractivity contribution in [3.8, 4) is 0 Å². The molecule has 9 heavy (non-hydrogen) atoms. The summed E-state index contributed by atoms with van der Waals surface area (Å²) in [5, 5.41) is 0.197. The van der Waals surface area contributed by atoms with E-state index in [1.165, 1.54) is 6.20 Å². The van der Waals surface area contributed by atoms with Crippen LogP contribution in [0.2, 0.25) is 5.15 Å². The van der Waals surface area contributed by atoms with Crippen LogP contribution >= 0.6 is 11.6 Å². The summed E-state index contributed by atoms with van der Waals surface area (Å²) < 4.78 is 0. The monoisotopic (exact) mass is 144 g/mol. The van der Waals surface area contributed by atoms with Gasteiger partial charge in [-0.15, -0.1) is 0 Å². The molecular weight excluding hydrogens is 140 g/mol. The minimum absolute atomic E-state index is 0.134. The van der Waals surface area contributed by atoms with Crippen LogP contribution in [0.25, 0.3) is 0 Å². The summed E-state index contributed by atoms with van der Waals surface area (Å²) in [4.78, 5) is 7.18. The lowest BCUT2D eigenvalue weighted by Crippen LogP contribution is -1.97. The summed E-state index contributed by atoms with van der Waals surface area (Å²) in [5.41, 5.74) is 10.8. The molecule has 0 aliphatic carbocycles. The van der Waals surface area contributed by atoms with E-state index in [0.717, 1.165) is 0 Å². The average Bonchev–Trinajstić information content (AvgIpc) is 1.80. The molecule has 5 heteroatoms. The Kier molecular flexibility index (Phi) is 1.40. The van der Waals surface area contributed by atoms with Crippen molar-refractivity contribution < 1.29 is 0 Å². The van der Waals surface area contributed by atoms with Crippen LogP contribution < -0.4 is 11.5 Å². The molecule has 1 rings (SSSR count). The zero-order valence-electron chi connectivity index (χ0n) is 4.50. The van der Waals surface area contributed by atoms with E-state index in [0.29, 0.717) is 5.69 Å². The van der Waals surface area contributed by atoms with Gasteiger partial charge in [-0.1, -0.05) is 11.6 Å². The molecule has 0 amide bonds. The smallest absolute Gasteiger partial charge is 0.221 e. The summed E-state index contributed by atoms with van der Waals surface area (Å²) in [7, 11) is 0. The third kappa shape index (κ3) is 1.20. The molecule has 0 radical (unpaired) electrons. The second-order valence-electron chi connectivity index (χ2n) is 1.47. The van der Waals surface area contributed by atoms with Crippen LogP contribution in [-0.4, -0.2) is 9.97 Å². The number of anilines is 2. The number of nitrogen functional groups attached to an aromatic ring is 2. The summed E-state index contributed by atoms with van der Waals surface area (Å²) in [6.45, 7) is 0. The van der Waals surface area contributed by atoms with E-state index in [1.807, 2.05) is 0 Å². The maximum atomic E-state index is 5.46. The third-order valence-corrected chi connectivity index (χ3v) is 1.09. The maximum Gasteiger partial charge on any atom is 0.221 e. The molecule has 4 nitrogen and oxygen atoms in total. The van der Waals surface area contributed by atoms with Gasteiger partial charge in [-0.2, -0.15) is 4.98 Å². The lowest BCUT2D eigenvalue weighted by molar-refractivity contribution is 1.19. The van der Waals surface area contributed by atoms with Gasteiger partial charge in [0.05, 0.1) is 11.9 Å². The van der Waals surface area contributed by atoms with E-state index in [9.17, 15) is 0 Å². The zero-order chi connectivity index (χ0) is 6.85. The van der Waals surface area contributed by atoms with Crippen LogP contribution in [0, 0.1) is 0 Å². The first-order valence-electron chi connectivity index (χ1n) is 2.23. The van der Waals surface area contributed by atoms with Gasteiger partial charge in [0.2, 0.25) is 5.95 Å². The van der Waals surface area contributed by atoms with Crippen LogP contribution in [0.3, 0.4) is 0 Å². The Morgan fingerprint density at radius 3 is 2.56 bits per heavy atom. The van der Waals surface area contributed by atoms with E-state index in [1.54, 1.807) is 0 Å². The number of nitrogens with zero attached hydrogens (tertiary/aromatic N) is 2. The molecule has 0 bridgehead atoms. The van der Waals surface area contributed by atoms with Crippen molar-refractivity contribution in [2.45, 2.75) is 0 Å². The lowest BCUT2D eigenvalue weighted by atomic mass is 10.6. The van der Waals surface area contributed by atoms with Crippen LogP contribution in [0.1, 0.15) is 0 Å². The van der Waals surface area contributed by atoms with Gasteiger partial charge in [-0.3, -0.25) is 0 Å². The van der Waals surface area contributed by atoms with Crippen molar-refractivity contribution in [1.82, 2.24) is 9.97 Å². The predicted molar refractivity (Wildman–Crippen MR) is 35.9 cm³/mol. The number of aromatic nitrogens is 2. The Labute approximate surface area is 56.9 Å². The molecule has 1 aromatic rings. The van der Waals surface area contributed by atoms with Crippen LogP contribution in [0.15, 0.2) is 6.20 Å². The minimum atomic E-state index is 0.134. The Bertz CT molecular complexity index is 224.